The van der Waals surface area contributed by atoms with E-state index in [0.29, 0.717) is 12.0 Å². The number of nitrogens with zero attached hydrogens (tertiary/aromatic N) is 2. The van der Waals surface area contributed by atoms with Crippen molar-refractivity contribution in [3.63, 3.8) is 0 Å². The molecule has 4 nitrogen and oxygen atoms in total. The van der Waals surface area contributed by atoms with Crippen molar-refractivity contribution in [3.8, 4) is 5.75 Å². The molecule has 1 aliphatic rings. The minimum atomic E-state index is 0.474. The van der Waals surface area contributed by atoms with Gasteiger partial charge in [0.15, 0.2) is 0 Å². The van der Waals surface area contributed by atoms with Gasteiger partial charge in [-0.25, -0.2) is 0 Å². The van der Waals surface area contributed by atoms with Crippen LogP contribution in [0.4, 0.5) is 0 Å². The number of likely N-dealkylation sites (tertiary alicyclic amines) is 1. The maximum atomic E-state index is 5.94. The molecule has 0 bridgehead atoms. The van der Waals surface area contributed by atoms with Crippen molar-refractivity contribution in [2.45, 2.75) is 39.3 Å². The zero-order valence-electron chi connectivity index (χ0n) is 12.2. The highest BCUT2D eigenvalue weighted by molar-refractivity contribution is 5.26. The molecular weight excluding hydrogens is 238 g/mol. The van der Waals surface area contributed by atoms with E-state index in [1.54, 1.807) is 7.11 Å². The van der Waals surface area contributed by atoms with E-state index in [2.05, 4.69) is 16.8 Å². The Kier molecular flexibility index (Phi) is 4.77. The van der Waals surface area contributed by atoms with Crippen LogP contribution in [0.15, 0.2) is 12.1 Å². The summed E-state index contributed by atoms with van der Waals surface area (Å²) in [5.41, 5.74) is 8.01. The molecule has 19 heavy (non-hydrogen) atoms. The van der Waals surface area contributed by atoms with Crippen LogP contribution in [0.3, 0.4) is 0 Å². The van der Waals surface area contributed by atoms with E-state index in [-0.39, 0.29) is 0 Å². The molecule has 1 aliphatic heterocycles. The van der Waals surface area contributed by atoms with E-state index in [1.807, 2.05) is 19.1 Å². The molecule has 106 valence electrons. The van der Waals surface area contributed by atoms with E-state index in [0.717, 1.165) is 36.8 Å². The predicted octanol–water partition coefficient (Wildman–Crippen LogP) is 1.96. The zero-order chi connectivity index (χ0) is 13.8. The van der Waals surface area contributed by atoms with Crippen molar-refractivity contribution in [3.05, 3.63) is 23.5 Å². The summed E-state index contributed by atoms with van der Waals surface area (Å²) < 4.78 is 5.32. The number of hydrogen-bond acceptors (Lipinski definition) is 4. The van der Waals surface area contributed by atoms with Crippen molar-refractivity contribution in [2.75, 3.05) is 20.2 Å². The molecule has 2 N–H and O–H groups in total. The van der Waals surface area contributed by atoms with Crippen LogP contribution < -0.4 is 10.5 Å². The van der Waals surface area contributed by atoms with Crippen molar-refractivity contribution in [1.29, 1.82) is 0 Å². The van der Waals surface area contributed by atoms with E-state index in [9.17, 15) is 0 Å². The molecule has 1 fully saturated rings. The highest BCUT2D eigenvalue weighted by Gasteiger charge is 2.27. The second-order valence-corrected chi connectivity index (χ2v) is 5.53. The number of methoxy groups -OCH3 is 1. The Labute approximate surface area is 116 Å². The largest absolute Gasteiger partial charge is 0.497 e. The summed E-state index contributed by atoms with van der Waals surface area (Å²) in [6.45, 7) is 7.01. The summed E-state index contributed by atoms with van der Waals surface area (Å²) in [4.78, 5) is 7.07. The first-order chi connectivity index (χ1) is 9.13. The molecule has 0 amide bonds. The molecule has 0 spiro atoms. The summed E-state index contributed by atoms with van der Waals surface area (Å²) in [6.07, 6.45) is 2.53. The van der Waals surface area contributed by atoms with Crippen LogP contribution in [-0.4, -0.2) is 36.1 Å². The summed E-state index contributed by atoms with van der Waals surface area (Å²) in [6, 6.07) is 4.46. The number of piperidine rings is 1. The molecule has 1 aromatic heterocycles. The summed E-state index contributed by atoms with van der Waals surface area (Å²) in [5.74, 6) is 1.56. The predicted molar refractivity (Wildman–Crippen MR) is 77.2 cm³/mol. The van der Waals surface area contributed by atoms with E-state index >= 15 is 0 Å². The maximum absolute atomic E-state index is 5.94. The Hall–Kier alpha value is -1.13. The minimum absolute atomic E-state index is 0.474. The molecule has 0 saturated carbocycles. The lowest BCUT2D eigenvalue weighted by Crippen LogP contribution is -2.48. The van der Waals surface area contributed by atoms with Gasteiger partial charge in [0.25, 0.3) is 0 Å². The second-order valence-electron chi connectivity index (χ2n) is 5.53. The Morgan fingerprint density at radius 3 is 2.95 bits per heavy atom. The van der Waals surface area contributed by atoms with Gasteiger partial charge in [-0.3, -0.25) is 9.88 Å². The Morgan fingerprint density at radius 2 is 2.26 bits per heavy atom. The molecule has 4 heteroatoms. The van der Waals surface area contributed by atoms with Crippen LogP contribution in [0, 0.1) is 12.8 Å². The van der Waals surface area contributed by atoms with Gasteiger partial charge < -0.3 is 10.5 Å². The van der Waals surface area contributed by atoms with Gasteiger partial charge in [0.2, 0.25) is 0 Å². The van der Waals surface area contributed by atoms with Crippen LogP contribution in [0.2, 0.25) is 0 Å². The fourth-order valence-corrected chi connectivity index (χ4v) is 3.02. The minimum Gasteiger partial charge on any atom is -0.497 e. The monoisotopic (exact) mass is 263 g/mol. The lowest BCUT2D eigenvalue weighted by Gasteiger charge is -2.39. The Bertz CT molecular complexity index is 422. The molecule has 2 heterocycles. The summed E-state index contributed by atoms with van der Waals surface area (Å²) in [7, 11) is 1.70. The molecule has 0 aromatic carbocycles. The van der Waals surface area contributed by atoms with Crippen LogP contribution in [0.5, 0.6) is 5.75 Å². The van der Waals surface area contributed by atoms with E-state index in [1.165, 1.54) is 12.8 Å². The quantitative estimate of drug-likeness (QED) is 0.902. The van der Waals surface area contributed by atoms with Gasteiger partial charge in [-0.05, 0) is 32.2 Å². The second kappa shape index (κ2) is 6.35. The van der Waals surface area contributed by atoms with Crippen LogP contribution in [0.25, 0.3) is 0 Å². The number of aromatic nitrogens is 1. The van der Waals surface area contributed by atoms with Gasteiger partial charge in [0.1, 0.15) is 5.75 Å². The molecule has 2 unspecified atom stereocenters. The first kappa shape index (κ1) is 14.3. The Morgan fingerprint density at radius 1 is 1.47 bits per heavy atom. The van der Waals surface area contributed by atoms with Crippen LogP contribution >= 0.6 is 0 Å². The molecule has 0 aliphatic carbocycles. The number of pyridine rings is 1. The normalized spacial score (nSPS) is 24.4. The van der Waals surface area contributed by atoms with Crippen molar-refractivity contribution in [2.24, 2.45) is 11.7 Å². The third-order valence-corrected chi connectivity index (χ3v) is 4.05. The zero-order valence-corrected chi connectivity index (χ0v) is 12.2. The molecule has 2 atom stereocenters. The fourth-order valence-electron chi connectivity index (χ4n) is 3.02. The SMILES string of the molecule is COc1cc(C)nc(CN2CCCC(C)C2CN)c1. The molecule has 2 rings (SSSR count). The van der Waals surface area contributed by atoms with Gasteiger partial charge in [0, 0.05) is 37.0 Å². The highest BCUT2D eigenvalue weighted by Crippen LogP contribution is 2.24. The van der Waals surface area contributed by atoms with Gasteiger partial charge in [-0.15, -0.1) is 0 Å². The lowest BCUT2D eigenvalue weighted by atomic mass is 9.90. The van der Waals surface area contributed by atoms with Crippen LogP contribution in [-0.2, 0) is 6.54 Å². The third kappa shape index (κ3) is 3.45. The third-order valence-electron chi connectivity index (χ3n) is 4.05. The standard InChI is InChI=1S/C15H25N3O/c1-11-5-4-6-18(15(11)9-16)10-13-8-14(19-3)7-12(2)17-13/h7-8,11,15H,4-6,9-10,16H2,1-3H3. The topological polar surface area (TPSA) is 51.4 Å². The number of aryl methyl sites for hydroxylation is 1. The summed E-state index contributed by atoms with van der Waals surface area (Å²) >= 11 is 0. The van der Waals surface area contributed by atoms with Crippen LogP contribution in [0.1, 0.15) is 31.2 Å². The van der Waals surface area contributed by atoms with Crippen molar-refractivity contribution >= 4 is 0 Å². The molecule has 1 aromatic rings. The lowest BCUT2D eigenvalue weighted by molar-refractivity contribution is 0.0976. The van der Waals surface area contributed by atoms with Crippen molar-refractivity contribution in [1.82, 2.24) is 9.88 Å². The smallest absolute Gasteiger partial charge is 0.122 e. The Balaban J connectivity index is 2.13. The molecule has 1 saturated heterocycles. The summed E-state index contributed by atoms with van der Waals surface area (Å²) in [5, 5.41) is 0. The van der Waals surface area contributed by atoms with Crippen molar-refractivity contribution < 1.29 is 4.74 Å². The first-order valence-electron chi connectivity index (χ1n) is 7.09. The fraction of sp³-hybridized carbons (Fsp3) is 0.667. The highest BCUT2D eigenvalue weighted by atomic mass is 16.5. The number of nitrogens with two attached hydrogens (primary N) is 1. The average molecular weight is 263 g/mol. The van der Waals surface area contributed by atoms with Gasteiger partial charge in [-0.1, -0.05) is 6.92 Å². The van der Waals surface area contributed by atoms with E-state index < -0.39 is 0 Å². The first-order valence-corrected chi connectivity index (χ1v) is 7.09. The number of ether oxygens (including phenoxy) is 1. The molecule has 0 radical (unpaired) electrons. The number of rotatable bonds is 4. The molecular formula is C15H25N3O. The average Bonchev–Trinajstić information content (AvgIpc) is 2.38. The van der Waals surface area contributed by atoms with E-state index in [4.69, 9.17) is 10.5 Å². The number of hydrogen-bond donors (Lipinski definition) is 1. The van der Waals surface area contributed by atoms with Gasteiger partial charge >= 0.3 is 0 Å². The maximum Gasteiger partial charge on any atom is 0.122 e. The van der Waals surface area contributed by atoms with Gasteiger partial charge in [0.05, 0.1) is 12.8 Å². The van der Waals surface area contributed by atoms with Gasteiger partial charge in [-0.2, -0.15) is 0 Å².